The molecule has 0 atom stereocenters. The second-order valence-corrected chi connectivity index (χ2v) is 5.73. The van der Waals surface area contributed by atoms with Crippen molar-refractivity contribution in [1.29, 1.82) is 0 Å². The van der Waals surface area contributed by atoms with Gasteiger partial charge in [-0.15, -0.1) is 0 Å². The first kappa shape index (κ1) is 15.5. The van der Waals surface area contributed by atoms with Crippen LogP contribution in [-0.4, -0.2) is 37.3 Å². The first-order valence-electron chi connectivity index (χ1n) is 7.22. The van der Waals surface area contributed by atoms with Gasteiger partial charge in [-0.1, -0.05) is 0 Å². The number of aliphatic hydroxyl groups is 1. The summed E-state index contributed by atoms with van der Waals surface area (Å²) < 4.78 is 29.5. The number of halogens is 2. The number of nitrogens with one attached hydrogen (secondary N) is 1. The zero-order valence-corrected chi connectivity index (χ0v) is 12.5. The zero-order chi connectivity index (χ0) is 16.7. The standard InChI is InChI=1S/C15H16F2N4O2/c1-10-3-7-18-12(9-10)21-11(4-8-19-21)20-13(22)15(16,17)14(23)5-2-6-14/h3-4,7-9,23H,2,5-6H2,1H3,(H,20,22). The summed E-state index contributed by atoms with van der Waals surface area (Å²) in [5, 5.41) is 15.9. The number of carbonyl (C=O) groups excluding carboxylic acids is 1. The van der Waals surface area contributed by atoms with Gasteiger partial charge >= 0.3 is 5.92 Å². The Morgan fingerprint density at radius 1 is 1.39 bits per heavy atom. The van der Waals surface area contributed by atoms with Crippen molar-refractivity contribution < 1.29 is 18.7 Å². The van der Waals surface area contributed by atoms with Crippen LogP contribution in [0.1, 0.15) is 24.8 Å². The van der Waals surface area contributed by atoms with E-state index in [4.69, 9.17) is 0 Å². The van der Waals surface area contributed by atoms with E-state index >= 15 is 0 Å². The van der Waals surface area contributed by atoms with Crippen LogP contribution in [0.5, 0.6) is 0 Å². The van der Waals surface area contributed by atoms with Crippen molar-refractivity contribution in [2.24, 2.45) is 0 Å². The van der Waals surface area contributed by atoms with Gasteiger partial charge in [0.15, 0.2) is 5.82 Å². The topological polar surface area (TPSA) is 80.0 Å². The summed E-state index contributed by atoms with van der Waals surface area (Å²) in [6.45, 7) is 1.85. The predicted molar refractivity (Wildman–Crippen MR) is 78.5 cm³/mol. The molecule has 8 heteroatoms. The van der Waals surface area contributed by atoms with Gasteiger partial charge in [0.2, 0.25) is 0 Å². The van der Waals surface area contributed by atoms with E-state index in [9.17, 15) is 18.7 Å². The summed E-state index contributed by atoms with van der Waals surface area (Å²) in [4.78, 5) is 16.0. The third-order valence-electron chi connectivity index (χ3n) is 4.05. The molecule has 2 heterocycles. The normalized spacial score (nSPS) is 16.7. The summed E-state index contributed by atoms with van der Waals surface area (Å²) >= 11 is 0. The fourth-order valence-electron chi connectivity index (χ4n) is 2.45. The Hall–Kier alpha value is -2.35. The van der Waals surface area contributed by atoms with Crippen molar-refractivity contribution in [2.75, 3.05) is 5.32 Å². The molecule has 1 amide bonds. The van der Waals surface area contributed by atoms with Crippen LogP contribution < -0.4 is 5.32 Å². The van der Waals surface area contributed by atoms with E-state index in [1.165, 1.54) is 16.9 Å². The minimum absolute atomic E-state index is 0.0655. The molecule has 1 aliphatic carbocycles. The molecule has 1 fully saturated rings. The monoisotopic (exact) mass is 322 g/mol. The van der Waals surface area contributed by atoms with E-state index in [-0.39, 0.29) is 18.7 Å². The number of aryl methyl sites for hydroxylation is 1. The lowest BCUT2D eigenvalue weighted by Crippen LogP contribution is -2.59. The van der Waals surface area contributed by atoms with Crippen molar-refractivity contribution in [3.05, 3.63) is 36.2 Å². The van der Waals surface area contributed by atoms with Crippen LogP contribution in [0.3, 0.4) is 0 Å². The lowest BCUT2D eigenvalue weighted by atomic mass is 9.75. The number of aromatic nitrogens is 3. The summed E-state index contributed by atoms with van der Waals surface area (Å²) in [5.41, 5.74) is -1.35. The van der Waals surface area contributed by atoms with Crippen molar-refractivity contribution in [3.8, 4) is 5.82 Å². The maximum Gasteiger partial charge on any atom is 0.352 e. The molecule has 122 valence electrons. The van der Waals surface area contributed by atoms with Crippen LogP contribution in [0.25, 0.3) is 5.82 Å². The molecule has 2 N–H and O–H groups in total. The molecule has 6 nitrogen and oxygen atoms in total. The van der Waals surface area contributed by atoms with Crippen molar-refractivity contribution in [2.45, 2.75) is 37.7 Å². The Morgan fingerprint density at radius 3 is 2.74 bits per heavy atom. The highest BCUT2D eigenvalue weighted by atomic mass is 19.3. The molecule has 0 spiro atoms. The first-order valence-corrected chi connectivity index (χ1v) is 7.22. The highest BCUT2D eigenvalue weighted by Gasteiger charge is 2.61. The van der Waals surface area contributed by atoms with Crippen LogP contribution in [0, 0.1) is 6.92 Å². The van der Waals surface area contributed by atoms with Crippen LogP contribution in [0.15, 0.2) is 30.6 Å². The second kappa shape index (κ2) is 5.38. The van der Waals surface area contributed by atoms with Gasteiger partial charge in [0.1, 0.15) is 11.4 Å². The van der Waals surface area contributed by atoms with E-state index in [2.05, 4.69) is 15.4 Å². The van der Waals surface area contributed by atoms with Gasteiger partial charge in [0.25, 0.3) is 5.91 Å². The Kier molecular flexibility index (Phi) is 3.63. The molecular formula is C15H16F2N4O2. The number of anilines is 1. The summed E-state index contributed by atoms with van der Waals surface area (Å²) in [6.07, 6.45) is 3.22. The van der Waals surface area contributed by atoms with Gasteiger partial charge in [-0.05, 0) is 43.9 Å². The lowest BCUT2D eigenvalue weighted by Gasteiger charge is -2.41. The molecule has 2 aromatic rings. The number of pyridine rings is 1. The second-order valence-electron chi connectivity index (χ2n) is 5.73. The van der Waals surface area contributed by atoms with Crippen LogP contribution in [0.2, 0.25) is 0 Å². The minimum Gasteiger partial charge on any atom is -0.383 e. The number of rotatable bonds is 4. The number of alkyl halides is 2. The molecule has 0 bridgehead atoms. The quantitative estimate of drug-likeness (QED) is 0.903. The van der Waals surface area contributed by atoms with Gasteiger partial charge in [0.05, 0.1) is 6.20 Å². The van der Waals surface area contributed by atoms with E-state index in [1.54, 1.807) is 18.3 Å². The maximum absolute atomic E-state index is 14.1. The van der Waals surface area contributed by atoms with Crippen molar-refractivity contribution >= 4 is 11.7 Å². The maximum atomic E-state index is 14.1. The van der Waals surface area contributed by atoms with Gasteiger partial charge < -0.3 is 10.4 Å². The van der Waals surface area contributed by atoms with Crippen molar-refractivity contribution in [1.82, 2.24) is 14.8 Å². The van der Waals surface area contributed by atoms with Crippen molar-refractivity contribution in [3.63, 3.8) is 0 Å². The van der Waals surface area contributed by atoms with Gasteiger partial charge in [-0.25, -0.2) is 4.98 Å². The third kappa shape index (κ3) is 2.59. The average Bonchev–Trinajstić information content (AvgIpc) is 2.92. The van der Waals surface area contributed by atoms with Crippen LogP contribution >= 0.6 is 0 Å². The average molecular weight is 322 g/mol. The summed E-state index contributed by atoms with van der Waals surface area (Å²) in [6, 6.07) is 4.88. The number of hydrogen-bond donors (Lipinski definition) is 2. The van der Waals surface area contributed by atoms with E-state index < -0.39 is 17.4 Å². The molecular weight excluding hydrogens is 306 g/mol. The van der Waals surface area contributed by atoms with Gasteiger partial charge in [-0.2, -0.15) is 18.6 Å². The van der Waals surface area contributed by atoms with E-state index in [0.29, 0.717) is 12.2 Å². The highest BCUT2D eigenvalue weighted by molar-refractivity contribution is 5.96. The molecule has 0 radical (unpaired) electrons. The number of carbonyl (C=O) groups is 1. The summed E-state index contributed by atoms with van der Waals surface area (Å²) in [5.74, 6) is -4.94. The number of amides is 1. The molecule has 23 heavy (non-hydrogen) atoms. The van der Waals surface area contributed by atoms with Crippen LogP contribution in [0.4, 0.5) is 14.6 Å². The summed E-state index contributed by atoms with van der Waals surface area (Å²) in [7, 11) is 0. The Morgan fingerprint density at radius 2 is 2.13 bits per heavy atom. The predicted octanol–water partition coefficient (Wildman–Crippen LogP) is 2.06. The Balaban J connectivity index is 1.84. The number of nitrogens with zero attached hydrogens (tertiary/aromatic N) is 3. The zero-order valence-electron chi connectivity index (χ0n) is 12.5. The van der Waals surface area contributed by atoms with Crippen LogP contribution in [-0.2, 0) is 4.79 Å². The van der Waals surface area contributed by atoms with E-state index in [1.807, 2.05) is 6.92 Å². The Bertz CT molecular complexity index is 741. The van der Waals surface area contributed by atoms with E-state index in [0.717, 1.165) is 5.56 Å². The largest absolute Gasteiger partial charge is 0.383 e. The lowest BCUT2D eigenvalue weighted by molar-refractivity contribution is -0.212. The molecule has 3 rings (SSSR count). The molecule has 2 aromatic heterocycles. The van der Waals surface area contributed by atoms with Gasteiger partial charge in [-0.3, -0.25) is 4.79 Å². The molecule has 0 aliphatic heterocycles. The molecule has 1 saturated carbocycles. The molecule has 0 aromatic carbocycles. The Labute approximate surface area is 131 Å². The minimum atomic E-state index is -3.86. The smallest absolute Gasteiger partial charge is 0.352 e. The van der Waals surface area contributed by atoms with Gasteiger partial charge in [0, 0.05) is 12.3 Å². The first-order chi connectivity index (χ1) is 10.8. The molecule has 0 unspecified atom stereocenters. The SMILES string of the molecule is Cc1ccnc(-n2nccc2NC(=O)C(F)(F)C2(O)CCC2)c1. The fraction of sp³-hybridized carbons (Fsp3) is 0.400. The molecule has 0 saturated heterocycles. The highest BCUT2D eigenvalue weighted by Crippen LogP contribution is 2.44. The fourth-order valence-corrected chi connectivity index (χ4v) is 2.45. The third-order valence-corrected chi connectivity index (χ3v) is 4.05. The molecule has 1 aliphatic rings. The number of hydrogen-bond acceptors (Lipinski definition) is 4.